The largest absolute Gasteiger partial charge is 0.461 e. The summed E-state index contributed by atoms with van der Waals surface area (Å²) in [7, 11) is 2.08. The molecule has 0 aromatic heterocycles. The first-order valence-electron chi connectivity index (χ1n) is 9.89. The Morgan fingerprint density at radius 2 is 1.88 bits per heavy atom. The van der Waals surface area contributed by atoms with Crippen LogP contribution in [0.4, 0.5) is 0 Å². The zero-order valence-electron chi connectivity index (χ0n) is 15.5. The van der Waals surface area contributed by atoms with Crippen LogP contribution in [0.1, 0.15) is 56.9 Å². The Bertz CT molecular complexity index is 587. The number of hydrogen-bond donors (Lipinski definition) is 1. The van der Waals surface area contributed by atoms with Crippen molar-refractivity contribution in [3.63, 3.8) is 0 Å². The molecule has 0 radical (unpaired) electrons. The summed E-state index contributed by atoms with van der Waals surface area (Å²) < 4.78 is 6.11. The number of nitrogens with two attached hydrogens (primary N) is 1. The van der Waals surface area contributed by atoms with E-state index in [9.17, 15) is 4.79 Å². The molecule has 25 heavy (non-hydrogen) atoms. The maximum absolute atomic E-state index is 13.3. The summed E-state index contributed by atoms with van der Waals surface area (Å²) in [5, 5.41) is 2.18. The maximum atomic E-state index is 13.3. The summed E-state index contributed by atoms with van der Waals surface area (Å²) in [6.45, 7) is 5.21. The van der Waals surface area contributed by atoms with Crippen molar-refractivity contribution >= 4 is 5.97 Å². The number of carbonyl (C=O) groups is 1. The molecule has 2 saturated carbocycles. The van der Waals surface area contributed by atoms with E-state index in [0.717, 1.165) is 50.6 Å². The molecule has 2 aliphatic carbocycles. The van der Waals surface area contributed by atoms with Gasteiger partial charge in [-0.05, 0) is 18.4 Å². The molecule has 0 amide bonds. The van der Waals surface area contributed by atoms with E-state index >= 15 is 0 Å². The normalized spacial score (nSPS) is 25.7. The van der Waals surface area contributed by atoms with Crippen LogP contribution in [0.3, 0.4) is 0 Å². The number of hydrogen-bond acceptors (Lipinski definition) is 2. The summed E-state index contributed by atoms with van der Waals surface area (Å²) >= 11 is 0. The molecule has 2 N–H and O–H groups in total. The van der Waals surface area contributed by atoms with Crippen molar-refractivity contribution in [2.45, 2.75) is 62.9 Å². The summed E-state index contributed by atoms with van der Waals surface area (Å²) in [5.74, 6) is 0.349. The molecular formula is C22H32NO2+. The molecule has 3 heteroatoms. The fourth-order valence-corrected chi connectivity index (χ4v) is 4.46. The molecule has 0 bridgehead atoms. The van der Waals surface area contributed by atoms with Crippen molar-refractivity contribution in [2.75, 3.05) is 13.6 Å². The van der Waals surface area contributed by atoms with Gasteiger partial charge in [-0.15, -0.1) is 0 Å². The zero-order valence-corrected chi connectivity index (χ0v) is 15.5. The number of esters is 1. The third-order valence-electron chi connectivity index (χ3n) is 6.14. The topological polar surface area (TPSA) is 42.9 Å². The van der Waals surface area contributed by atoms with E-state index in [4.69, 9.17) is 4.74 Å². The number of ether oxygens (including phenoxy) is 1. The predicted molar refractivity (Wildman–Crippen MR) is 100 cm³/mol. The fraction of sp³-hybridized carbons (Fsp3) is 0.591. The Morgan fingerprint density at radius 1 is 1.20 bits per heavy atom. The van der Waals surface area contributed by atoms with Gasteiger partial charge in [0.1, 0.15) is 6.10 Å². The van der Waals surface area contributed by atoms with E-state index in [1.807, 2.05) is 18.2 Å². The zero-order chi connectivity index (χ0) is 17.7. The highest BCUT2D eigenvalue weighted by molar-refractivity contribution is 5.83. The SMILES string of the molecule is C=C1CC(OC(=O)C2(c3ccccc3)CCCCCC2)C1CC[NH2+]C. The Morgan fingerprint density at radius 3 is 2.48 bits per heavy atom. The summed E-state index contributed by atoms with van der Waals surface area (Å²) in [6.07, 6.45) is 8.40. The smallest absolute Gasteiger partial charge is 0.316 e. The van der Waals surface area contributed by atoms with Crippen LogP contribution in [0.5, 0.6) is 0 Å². The number of carbonyl (C=O) groups excluding carboxylic acids is 1. The van der Waals surface area contributed by atoms with Gasteiger partial charge in [-0.2, -0.15) is 0 Å². The summed E-state index contributed by atoms with van der Waals surface area (Å²) in [5.41, 5.74) is 1.93. The predicted octanol–water partition coefficient (Wildman–Crippen LogP) is 3.35. The highest BCUT2D eigenvalue weighted by atomic mass is 16.5. The quantitative estimate of drug-likeness (QED) is 0.489. The first-order chi connectivity index (χ1) is 12.2. The third-order valence-corrected chi connectivity index (χ3v) is 6.14. The van der Waals surface area contributed by atoms with Crippen molar-refractivity contribution < 1.29 is 14.8 Å². The second-order valence-corrected chi connectivity index (χ2v) is 7.76. The minimum Gasteiger partial charge on any atom is -0.461 e. The highest BCUT2D eigenvalue weighted by Crippen LogP contribution is 2.43. The van der Waals surface area contributed by atoms with E-state index in [2.05, 4.69) is 31.1 Å². The monoisotopic (exact) mass is 342 g/mol. The molecule has 3 nitrogen and oxygen atoms in total. The van der Waals surface area contributed by atoms with Crippen LogP contribution in [-0.4, -0.2) is 25.7 Å². The van der Waals surface area contributed by atoms with Crippen LogP contribution in [0.25, 0.3) is 0 Å². The third kappa shape index (κ3) is 3.82. The van der Waals surface area contributed by atoms with Crippen LogP contribution in [0.15, 0.2) is 42.5 Å². The average molecular weight is 343 g/mol. The summed E-state index contributed by atoms with van der Waals surface area (Å²) in [6, 6.07) is 10.3. The minimum absolute atomic E-state index is 0.00331. The molecule has 2 atom stereocenters. The van der Waals surface area contributed by atoms with Gasteiger partial charge < -0.3 is 10.1 Å². The lowest BCUT2D eigenvalue weighted by Gasteiger charge is -2.41. The van der Waals surface area contributed by atoms with Gasteiger partial charge in [0.25, 0.3) is 0 Å². The second kappa shape index (κ2) is 8.18. The van der Waals surface area contributed by atoms with Crippen LogP contribution >= 0.6 is 0 Å². The Kier molecular flexibility index (Phi) is 5.95. The van der Waals surface area contributed by atoms with Gasteiger partial charge in [-0.25, -0.2) is 0 Å². The molecule has 0 aliphatic heterocycles. The number of benzene rings is 1. The van der Waals surface area contributed by atoms with E-state index in [1.54, 1.807) is 0 Å². The van der Waals surface area contributed by atoms with Gasteiger partial charge in [-0.1, -0.05) is 68.2 Å². The molecular weight excluding hydrogens is 310 g/mol. The lowest BCUT2D eigenvalue weighted by molar-refractivity contribution is -0.628. The highest BCUT2D eigenvalue weighted by Gasteiger charge is 2.45. The van der Waals surface area contributed by atoms with Crippen LogP contribution in [0.2, 0.25) is 0 Å². The molecule has 0 heterocycles. The molecule has 3 rings (SSSR count). The maximum Gasteiger partial charge on any atom is 0.316 e. The Labute approximate surface area is 151 Å². The minimum atomic E-state index is -0.448. The van der Waals surface area contributed by atoms with Gasteiger partial charge in [0.2, 0.25) is 0 Å². The molecule has 0 saturated heterocycles. The van der Waals surface area contributed by atoms with Crippen molar-refractivity contribution in [3.8, 4) is 0 Å². The Hall–Kier alpha value is -1.61. The molecule has 1 aromatic rings. The molecule has 2 aliphatic rings. The number of rotatable bonds is 6. The number of quaternary nitrogens is 1. The van der Waals surface area contributed by atoms with Crippen LogP contribution in [-0.2, 0) is 14.9 Å². The Balaban J connectivity index is 1.77. The second-order valence-electron chi connectivity index (χ2n) is 7.76. The molecule has 2 fully saturated rings. The van der Waals surface area contributed by atoms with E-state index in [1.165, 1.54) is 18.4 Å². The standard InChI is InChI=1S/C22H31NO2/c1-17-16-20(19(17)12-15-23-2)25-21(24)22(13-8-3-4-9-14-22)18-10-6-5-7-11-18/h5-7,10-11,19-20,23H,1,3-4,8-9,12-16H2,2H3/p+1. The van der Waals surface area contributed by atoms with Gasteiger partial charge in [0.05, 0.1) is 19.0 Å². The summed E-state index contributed by atoms with van der Waals surface area (Å²) in [4.78, 5) is 13.3. The van der Waals surface area contributed by atoms with E-state index in [0.29, 0.717) is 5.92 Å². The van der Waals surface area contributed by atoms with E-state index in [-0.39, 0.29) is 12.1 Å². The van der Waals surface area contributed by atoms with Crippen LogP contribution < -0.4 is 5.32 Å². The molecule has 0 spiro atoms. The molecule has 1 aromatic carbocycles. The van der Waals surface area contributed by atoms with E-state index < -0.39 is 5.41 Å². The van der Waals surface area contributed by atoms with Crippen molar-refractivity contribution in [1.29, 1.82) is 0 Å². The van der Waals surface area contributed by atoms with Gasteiger partial charge >= 0.3 is 5.97 Å². The lowest BCUT2D eigenvalue weighted by atomic mass is 9.72. The van der Waals surface area contributed by atoms with Crippen molar-refractivity contribution in [2.24, 2.45) is 5.92 Å². The van der Waals surface area contributed by atoms with Crippen LogP contribution in [0, 0.1) is 5.92 Å². The first-order valence-corrected chi connectivity index (χ1v) is 9.89. The molecule has 136 valence electrons. The first kappa shape index (κ1) is 18.2. The average Bonchev–Trinajstić information content (AvgIpc) is 2.89. The lowest BCUT2D eigenvalue weighted by Crippen LogP contribution is -2.80. The van der Waals surface area contributed by atoms with Gasteiger partial charge in [0.15, 0.2) is 0 Å². The van der Waals surface area contributed by atoms with Gasteiger partial charge in [0, 0.05) is 18.8 Å². The van der Waals surface area contributed by atoms with Crippen molar-refractivity contribution in [3.05, 3.63) is 48.0 Å². The fourth-order valence-electron chi connectivity index (χ4n) is 4.46. The van der Waals surface area contributed by atoms with Gasteiger partial charge in [-0.3, -0.25) is 4.79 Å². The molecule has 2 unspecified atom stereocenters. The van der Waals surface area contributed by atoms with Crippen molar-refractivity contribution in [1.82, 2.24) is 0 Å².